The standard InChI is InChI=1S/C23H30FNO8.2C2H6/c1-5-12(2)23(3,4)9-8-16(26)25-14-6-7-15(13(10-14)11-24)32-22-19(29)17(27)18(28)20(33-22)21(30)31;2*1-2/h1,6-7,10,12,17-20,22,27-29H,8-9,11H2,2-4H3,(H,25,26)(H,30,31);2*1-2H3. The van der Waals surface area contributed by atoms with Gasteiger partial charge in [0.15, 0.2) is 6.10 Å². The van der Waals surface area contributed by atoms with Gasteiger partial charge in [-0.1, -0.05) is 48.5 Å². The van der Waals surface area contributed by atoms with Gasteiger partial charge in [0.2, 0.25) is 12.2 Å². The number of carboxylic acids is 1. The lowest BCUT2D eigenvalue weighted by Crippen LogP contribution is -2.61. The highest BCUT2D eigenvalue weighted by Gasteiger charge is 2.48. The summed E-state index contributed by atoms with van der Waals surface area (Å²) in [5, 5.41) is 41.5. The van der Waals surface area contributed by atoms with Crippen LogP contribution in [0.1, 0.15) is 66.9 Å². The van der Waals surface area contributed by atoms with Gasteiger partial charge in [0.05, 0.1) is 0 Å². The summed E-state index contributed by atoms with van der Waals surface area (Å²) in [6.07, 6.45) is -2.79. The molecule has 1 aliphatic rings. The molecule has 1 fully saturated rings. The number of nitrogens with one attached hydrogen (secondary N) is 1. The van der Waals surface area contributed by atoms with Gasteiger partial charge < -0.3 is 35.2 Å². The Morgan fingerprint density at radius 2 is 1.76 bits per heavy atom. The van der Waals surface area contributed by atoms with E-state index >= 15 is 0 Å². The second-order valence-electron chi connectivity index (χ2n) is 8.73. The van der Waals surface area contributed by atoms with E-state index in [2.05, 4.69) is 11.2 Å². The van der Waals surface area contributed by atoms with Crippen molar-refractivity contribution in [3.05, 3.63) is 23.8 Å². The molecule has 0 radical (unpaired) electrons. The van der Waals surface area contributed by atoms with Gasteiger partial charge >= 0.3 is 5.97 Å². The Balaban J connectivity index is 0.00000308. The van der Waals surface area contributed by atoms with Gasteiger partial charge in [-0.15, -0.1) is 12.3 Å². The molecule has 1 aliphatic heterocycles. The highest BCUT2D eigenvalue weighted by Crippen LogP contribution is 2.32. The second kappa shape index (κ2) is 16.2. The molecular formula is C27H42FNO8. The molecule has 0 aliphatic carbocycles. The number of aliphatic carboxylic acids is 1. The predicted molar refractivity (Wildman–Crippen MR) is 139 cm³/mol. The third-order valence-electron chi connectivity index (χ3n) is 5.96. The summed E-state index contributed by atoms with van der Waals surface area (Å²) in [4.78, 5) is 23.5. The molecule has 1 saturated heterocycles. The van der Waals surface area contributed by atoms with Crippen LogP contribution in [0.3, 0.4) is 0 Å². The third-order valence-corrected chi connectivity index (χ3v) is 5.96. The number of hydrogen-bond donors (Lipinski definition) is 5. The maximum Gasteiger partial charge on any atom is 0.335 e. The van der Waals surface area contributed by atoms with Gasteiger partial charge in [-0.2, -0.15) is 0 Å². The summed E-state index contributed by atoms with van der Waals surface area (Å²) >= 11 is 0. The first-order valence-corrected chi connectivity index (χ1v) is 12.4. The number of hydrogen-bond acceptors (Lipinski definition) is 7. The lowest BCUT2D eigenvalue weighted by Gasteiger charge is -2.38. The molecule has 6 atom stereocenters. The molecule has 37 heavy (non-hydrogen) atoms. The molecule has 10 heteroatoms. The molecule has 0 spiro atoms. The summed E-state index contributed by atoms with van der Waals surface area (Å²) in [6, 6.07) is 4.09. The first-order valence-electron chi connectivity index (χ1n) is 12.4. The van der Waals surface area contributed by atoms with Crippen LogP contribution in [-0.2, 0) is 21.0 Å². The molecule has 5 N–H and O–H groups in total. The maximum absolute atomic E-state index is 13.6. The fourth-order valence-electron chi connectivity index (χ4n) is 3.25. The van der Waals surface area contributed by atoms with Crippen LogP contribution in [0.4, 0.5) is 10.1 Å². The largest absolute Gasteiger partial charge is 0.479 e. The molecule has 0 aromatic heterocycles. The number of carbonyl (C=O) groups is 2. The molecule has 1 aromatic rings. The van der Waals surface area contributed by atoms with Crippen molar-refractivity contribution >= 4 is 17.6 Å². The zero-order chi connectivity index (χ0) is 28.9. The quantitative estimate of drug-likeness (QED) is 0.307. The smallest absolute Gasteiger partial charge is 0.335 e. The number of amides is 1. The Labute approximate surface area is 219 Å². The van der Waals surface area contributed by atoms with Gasteiger partial charge in [-0.25, -0.2) is 9.18 Å². The molecular weight excluding hydrogens is 485 g/mol. The number of aliphatic hydroxyl groups is 3. The molecule has 6 unspecified atom stereocenters. The van der Waals surface area contributed by atoms with Crippen LogP contribution < -0.4 is 10.1 Å². The van der Waals surface area contributed by atoms with Gasteiger partial charge in [0, 0.05) is 23.6 Å². The van der Waals surface area contributed by atoms with Gasteiger partial charge in [0.25, 0.3) is 0 Å². The van der Waals surface area contributed by atoms with Crippen LogP contribution in [0.2, 0.25) is 0 Å². The molecule has 0 saturated carbocycles. The van der Waals surface area contributed by atoms with Crippen LogP contribution in [-0.4, -0.2) is 63.0 Å². The predicted octanol–water partition coefficient (Wildman–Crippen LogP) is 3.49. The number of alkyl halides is 1. The number of ether oxygens (including phenoxy) is 2. The minimum Gasteiger partial charge on any atom is -0.479 e. The molecule has 2 rings (SSSR count). The average Bonchev–Trinajstić information content (AvgIpc) is 2.90. The average molecular weight is 528 g/mol. The highest BCUT2D eigenvalue weighted by molar-refractivity contribution is 5.90. The molecule has 1 heterocycles. The van der Waals surface area contributed by atoms with Crippen LogP contribution in [0, 0.1) is 23.7 Å². The summed E-state index contributed by atoms with van der Waals surface area (Å²) in [5.74, 6) is 0.726. The van der Waals surface area contributed by atoms with E-state index < -0.39 is 43.3 Å². The van der Waals surface area contributed by atoms with Gasteiger partial charge in [-0.3, -0.25) is 4.79 Å². The Morgan fingerprint density at radius 3 is 2.27 bits per heavy atom. The molecule has 1 aromatic carbocycles. The lowest BCUT2D eigenvalue weighted by atomic mass is 9.77. The van der Waals surface area contributed by atoms with Crippen molar-refractivity contribution in [3.8, 4) is 18.1 Å². The number of anilines is 1. The van der Waals surface area contributed by atoms with E-state index in [1.807, 2.05) is 48.5 Å². The zero-order valence-electron chi connectivity index (χ0n) is 22.7. The minimum atomic E-state index is -1.87. The maximum atomic E-state index is 13.6. The number of halogens is 1. The number of carboxylic acid groups (broad SMARTS) is 1. The summed E-state index contributed by atoms with van der Waals surface area (Å²) in [5.41, 5.74) is 0.0740. The number of aliphatic hydroxyl groups excluding tert-OH is 3. The van der Waals surface area contributed by atoms with Crippen LogP contribution in [0.5, 0.6) is 5.75 Å². The Kier molecular flexibility index (Phi) is 15.0. The number of benzene rings is 1. The molecule has 210 valence electrons. The van der Waals surface area contributed by atoms with Crippen molar-refractivity contribution in [1.82, 2.24) is 0 Å². The fraction of sp³-hybridized carbons (Fsp3) is 0.630. The molecule has 9 nitrogen and oxygen atoms in total. The van der Waals surface area contributed by atoms with Crippen molar-refractivity contribution in [1.29, 1.82) is 0 Å². The minimum absolute atomic E-state index is 0.00243. The van der Waals surface area contributed by atoms with Crippen molar-refractivity contribution < 1.29 is 43.9 Å². The highest BCUT2D eigenvalue weighted by atomic mass is 19.1. The fourth-order valence-corrected chi connectivity index (χ4v) is 3.25. The van der Waals surface area contributed by atoms with E-state index in [4.69, 9.17) is 21.0 Å². The zero-order valence-corrected chi connectivity index (χ0v) is 22.7. The SMILES string of the molecule is C#CC(C)C(C)(C)CCC(=O)Nc1ccc(OC2OC(C(=O)O)C(O)C(O)C2O)c(CF)c1.CC.CC. The van der Waals surface area contributed by atoms with E-state index in [1.165, 1.54) is 18.2 Å². The van der Waals surface area contributed by atoms with Crippen molar-refractivity contribution in [2.45, 2.75) is 98.7 Å². The molecule has 1 amide bonds. The van der Waals surface area contributed by atoms with Crippen LogP contribution >= 0.6 is 0 Å². The first-order chi connectivity index (χ1) is 17.4. The van der Waals surface area contributed by atoms with E-state index in [0.29, 0.717) is 12.1 Å². The van der Waals surface area contributed by atoms with E-state index in [0.717, 1.165) is 0 Å². The van der Waals surface area contributed by atoms with Crippen molar-refractivity contribution in [3.63, 3.8) is 0 Å². The number of rotatable bonds is 9. The Bertz CT molecular complexity index is 901. The van der Waals surface area contributed by atoms with Gasteiger partial charge in [-0.05, 0) is 30.0 Å². The van der Waals surface area contributed by atoms with E-state index in [1.54, 1.807) is 0 Å². The summed E-state index contributed by atoms with van der Waals surface area (Å²) < 4.78 is 24.1. The van der Waals surface area contributed by atoms with Gasteiger partial charge in [0.1, 0.15) is 30.7 Å². The monoisotopic (exact) mass is 527 g/mol. The number of terminal acetylenes is 1. The number of carbonyl (C=O) groups excluding carboxylic acids is 1. The Morgan fingerprint density at radius 1 is 1.16 bits per heavy atom. The third kappa shape index (κ3) is 9.59. The molecule has 0 bridgehead atoms. The Hall–Kier alpha value is -2.71. The topological polar surface area (TPSA) is 146 Å². The van der Waals surface area contributed by atoms with Crippen LogP contribution in [0.15, 0.2) is 18.2 Å². The lowest BCUT2D eigenvalue weighted by molar-refractivity contribution is -0.271. The van der Waals surface area contributed by atoms with Crippen LogP contribution in [0.25, 0.3) is 0 Å². The first kappa shape index (κ1) is 34.3. The summed E-state index contributed by atoms with van der Waals surface area (Å²) in [6.45, 7) is 12.9. The van der Waals surface area contributed by atoms with E-state index in [9.17, 15) is 29.3 Å². The summed E-state index contributed by atoms with van der Waals surface area (Å²) in [7, 11) is 0. The normalized spacial score (nSPS) is 23.7. The van der Waals surface area contributed by atoms with Crippen molar-refractivity contribution in [2.75, 3.05) is 5.32 Å². The second-order valence-corrected chi connectivity index (χ2v) is 8.73. The van der Waals surface area contributed by atoms with Crippen molar-refractivity contribution in [2.24, 2.45) is 11.3 Å². The van der Waals surface area contributed by atoms with E-state index in [-0.39, 0.29) is 35.0 Å².